The van der Waals surface area contributed by atoms with Crippen LogP contribution in [0.4, 0.5) is 0 Å². The molecule has 228 valence electrons. The third-order valence-corrected chi connectivity index (χ3v) is 10.1. The van der Waals surface area contributed by atoms with Crippen LogP contribution in [0, 0.1) is 17.8 Å². The Labute approximate surface area is 250 Å². The molecular formula is C32H43N3O6S. The van der Waals surface area contributed by atoms with E-state index in [9.17, 15) is 18.3 Å². The topological polar surface area (TPSA) is 99.6 Å². The maximum Gasteiger partial charge on any atom is 0.247 e. The van der Waals surface area contributed by atoms with E-state index >= 15 is 0 Å². The van der Waals surface area contributed by atoms with E-state index in [0.717, 1.165) is 19.6 Å². The van der Waals surface area contributed by atoms with E-state index in [1.807, 2.05) is 31.2 Å². The first-order chi connectivity index (χ1) is 20.1. The van der Waals surface area contributed by atoms with Gasteiger partial charge in [0.1, 0.15) is 22.5 Å². The maximum absolute atomic E-state index is 13.8. The number of carbonyl (C=O) groups is 1. The van der Waals surface area contributed by atoms with Crippen LogP contribution in [0.15, 0.2) is 47.4 Å². The van der Waals surface area contributed by atoms with Crippen molar-refractivity contribution in [2.24, 2.45) is 5.92 Å². The number of nitrogens with zero attached hydrogens (tertiary/aromatic N) is 3. The maximum atomic E-state index is 13.8. The van der Waals surface area contributed by atoms with Gasteiger partial charge in [-0.1, -0.05) is 37.3 Å². The molecule has 1 N–H and O–H groups in total. The number of aliphatic hydroxyl groups excluding tert-OH is 1. The van der Waals surface area contributed by atoms with E-state index in [0.29, 0.717) is 29.8 Å². The molecule has 10 heteroatoms. The normalized spacial score (nSPS) is 21.5. The molecule has 0 aliphatic carbocycles. The molecule has 1 amide bonds. The lowest BCUT2D eigenvalue weighted by Crippen LogP contribution is -2.50. The van der Waals surface area contributed by atoms with Crippen molar-refractivity contribution in [2.45, 2.75) is 56.6 Å². The SMILES string of the molecule is COc1ccccc1C#Cc1ccc2c(c1)O[C@H](CN(C)C(=O)CCN1CCCCC1)[C@H](C)CN([C@H](C)CO)S2(=O)=O. The lowest BCUT2D eigenvalue weighted by molar-refractivity contribution is -0.131. The Morgan fingerprint density at radius 3 is 2.62 bits per heavy atom. The molecule has 0 bridgehead atoms. The van der Waals surface area contributed by atoms with Gasteiger partial charge in [-0.25, -0.2) is 8.42 Å². The van der Waals surface area contributed by atoms with Crippen LogP contribution in [-0.2, 0) is 14.8 Å². The second-order valence-corrected chi connectivity index (χ2v) is 13.1. The number of amides is 1. The summed E-state index contributed by atoms with van der Waals surface area (Å²) >= 11 is 0. The third kappa shape index (κ3) is 7.64. The highest BCUT2D eigenvalue weighted by Gasteiger charge is 2.38. The largest absolute Gasteiger partial charge is 0.495 e. The van der Waals surface area contributed by atoms with Crippen molar-refractivity contribution in [1.82, 2.24) is 14.1 Å². The van der Waals surface area contributed by atoms with E-state index in [1.54, 1.807) is 38.1 Å². The number of aliphatic hydroxyl groups is 1. The van der Waals surface area contributed by atoms with Gasteiger partial charge in [-0.05, 0) is 63.2 Å². The van der Waals surface area contributed by atoms with Gasteiger partial charge in [-0.15, -0.1) is 0 Å². The molecule has 1 fully saturated rings. The Kier molecular flexibility index (Phi) is 10.9. The number of hydrogen-bond donors (Lipinski definition) is 1. The molecule has 3 atom stereocenters. The van der Waals surface area contributed by atoms with Gasteiger partial charge in [0, 0.05) is 44.1 Å². The summed E-state index contributed by atoms with van der Waals surface area (Å²) in [5.74, 6) is 6.80. The Hall–Kier alpha value is -3.10. The van der Waals surface area contributed by atoms with E-state index in [2.05, 4.69) is 16.7 Å². The van der Waals surface area contributed by atoms with Crippen molar-refractivity contribution in [1.29, 1.82) is 0 Å². The molecule has 2 aliphatic rings. The molecule has 0 saturated carbocycles. The summed E-state index contributed by atoms with van der Waals surface area (Å²) in [6.45, 7) is 6.55. The van der Waals surface area contributed by atoms with Gasteiger partial charge in [0.15, 0.2) is 0 Å². The van der Waals surface area contributed by atoms with Crippen molar-refractivity contribution in [2.75, 3.05) is 53.5 Å². The molecule has 0 spiro atoms. The van der Waals surface area contributed by atoms with E-state index in [1.165, 1.54) is 29.6 Å². The number of likely N-dealkylation sites (N-methyl/N-ethyl adjacent to an activating group) is 1. The highest BCUT2D eigenvalue weighted by atomic mass is 32.2. The van der Waals surface area contributed by atoms with Crippen LogP contribution in [0.25, 0.3) is 0 Å². The fraction of sp³-hybridized carbons (Fsp3) is 0.531. The summed E-state index contributed by atoms with van der Waals surface area (Å²) < 4.78 is 40.7. The predicted octanol–water partition coefficient (Wildman–Crippen LogP) is 3.20. The summed E-state index contributed by atoms with van der Waals surface area (Å²) in [6.07, 6.45) is 3.55. The van der Waals surface area contributed by atoms with E-state index in [4.69, 9.17) is 9.47 Å². The molecule has 0 unspecified atom stereocenters. The third-order valence-electron chi connectivity index (χ3n) is 8.09. The molecule has 0 radical (unpaired) electrons. The number of sulfonamides is 1. The minimum absolute atomic E-state index is 0.0154. The van der Waals surface area contributed by atoms with E-state index < -0.39 is 22.2 Å². The number of hydrogen-bond acceptors (Lipinski definition) is 7. The number of fused-ring (bicyclic) bond motifs is 1. The lowest BCUT2D eigenvalue weighted by Gasteiger charge is -2.37. The lowest BCUT2D eigenvalue weighted by atomic mass is 10.0. The van der Waals surface area contributed by atoms with Gasteiger partial charge in [0.2, 0.25) is 15.9 Å². The van der Waals surface area contributed by atoms with Crippen molar-refractivity contribution < 1.29 is 27.8 Å². The zero-order chi connectivity index (χ0) is 30.3. The number of ether oxygens (including phenoxy) is 2. The van der Waals surface area contributed by atoms with Gasteiger partial charge >= 0.3 is 0 Å². The Bertz CT molecular complexity index is 1400. The van der Waals surface area contributed by atoms with Crippen LogP contribution >= 0.6 is 0 Å². The van der Waals surface area contributed by atoms with Crippen molar-refractivity contribution in [3.8, 4) is 23.3 Å². The van der Waals surface area contributed by atoms with E-state index in [-0.39, 0.29) is 35.6 Å². The number of rotatable bonds is 8. The fourth-order valence-corrected chi connectivity index (χ4v) is 7.23. The summed E-state index contributed by atoms with van der Waals surface area (Å²) in [5.41, 5.74) is 1.29. The average molecular weight is 598 g/mol. The smallest absolute Gasteiger partial charge is 0.247 e. The minimum Gasteiger partial charge on any atom is -0.495 e. The van der Waals surface area contributed by atoms with Crippen LogP contribution in [-0.4, -0.2) is 99.2 Å². The molecular weight excluding hydrogens is 554 g/mol. The number of likely N-dealkylation sites (tertiary alicyclic amines) is 1. The van der Waals surface area contributed by atoms with Gasteiger partial charge in [-0.2, -0.15) is 4.31 Å². The average Bonchev–Trinajstić information content (AvgIpc) is 3.00. The van der Waals surface area contributed by atoms with Crippen molar-refractivity contribution >= 4 is 15.9 Å². The quantitative estimate of drug-likeness (QED) is 0.467. The molecule has 0 aromatic heterocycles. The number of methoxy groups -OCH3 is 1. The predicted molar refractivity (Wildman–Crippen MR) is 162 cm³/mol. The molecule has 2 aromatic carbocycles. The van der Waals surface area contributed by atoms with Gasteiger partial charge in [0.25, 0.3) is 0 Å². The highest BCUT2D eigenvalue weighted by Crippen LogP contribution is 2.34. The number of carbonyl (C=O) groups excluding carboxylic acids is 1. The molecule has 42 heavy (non-hydrogen) atoms. The molecule has 2 aliphatic heterocycles. The van der Waals surface area contributed by atoms with Gasteiger partial charge in [0.05, 0.1) is 25.8 Å². The Balaban J connectivity index is 1.62. The Morgan fingerprint density at radius 1 is 1.17 bits per heavy atom. The zero-order valence-electron chi connectivity index (χ0n) is 25.1. The van der Waals surface area contributed by atoms with Crippen molar-refractivity contribution in [3.63, 3.8) is 0 Å². The molecule has 1 saturated heterocycles. The standard InChI is InChI=1S/C32H43N3O6S/c1-24-21-35(25(2)23-36)42(38,39)31-15-13-26(12-14-27-10-6-7-11-28(27)40-4)20-29(31)41-30(24)22-33(3)32(37)16-19-34-17-8-5-9-18-34/h6-7,10-11,13,15,20,24-25,30,36H,5,8-9,16-19,21-23H2,1-4H3/t24-,25-,30-/m1/s1. The van der Waals surface area contributed by atoms with Crippen LogP contribution in [0.2, 0.25) is 0 Å². The monoisotopic (exact) mass is 597 g/mol. The second kappa shape index (κ2) is 14.4. The number of para-hydroxylation sites is 1. The van der Waals surface area contributed by atoms with Gasteiger partial charge in [-0.3, -0.25) is 4.79 Å². The van der Waals surface area contributed by atoms with Gasteiger partial charge < -0.3 is 24.4 Å². The molecule has 9 nitrogen and oxygen atoms in total. The first-order valence-electron chi connectivity index (χ1n) is 14.7. The summed E-state index contributed by atoms with van der Waals surface area (Å²) in [4.78, 5) is 17.1. The number of piperidine rings is 1. The summed E-state index contributed by atoms with van der Waals surface area (Å²) in [6, 6.07) is 11.6. The molecule has 2 heterocycles. The highest BCUT2D eigenvalue weighted by molar-refractivity contribution is 7.89. The Morgan fingerprint density at radius 2 is 1.90 bits per heavy atom. The van der Waals surface area contributed by atoms with Crippen LogP contribution in [0.3, 0.4) is 0 Å². The number of benzene rings is 2. The first-order valence-corrected chi connectivity index (χ1v) is 16.1. The van der Waals surface area contributed by atoms with Crippen LogP contribution in [0.5, 0.6) is 11.5 Å². The second-order valence-electron chi connectivity index (χ2n) is 11.3. The zero-order valence-corrected chi connectivity index (χ0v) is 25.9. The molecule has 4 rings (SSSR count). The first kappa shape index (κ1) is 31.8. The summed E-state index contributed by atoms with van der Waals surface area (Å²) in [5, 5.41) is 9.91. The summed E-state index contributed by atoms with van der Waals surface area (Å²) in [7, 11) is -0.621. The minimum atomic E-state index is -3.98. The van der Waals surface area contributed by atoms with Crippen molar-refractivity contribution in [3.05, 3.63) is 53.6 Å². The van der Waals surface area contributed by atoms with Crippen LogP contribution in [0.1, 0.15) is 50.7 Å². The molecule has 2 aromatic rings. The fourth-order valence-electron chi connectivity index (χ4n) is 5.41. The van der Waals surface area contributed by atoms with Crippen LogP contribution < -0.4 is 9.47 Å².